The molecule has 156 valence electrons. The lowest BCUT2D eigenvalue weighted by Crippen LogP contribution is -2.36. The van der Waals surface area contributed by atoms with Gasteiger partial charge < -0.3 is 19.7 Å². The summed E-state index contributed by atoms with van der Waals surface area (Å²) < 4.78 is 2.11. The molecular formula is C22H23Cl2N5S. The zero-order valence-corrected chi connectivity index (χ0v) is 19.1. The molecule has 1 aliphatic heterocycles. The average molecular weight is 460 g/mol. The number of nitrogens with zero attached hydrogens (tertiary/aromatic N) is 4. The zero-order chi connectivity index (χ0) is 21.3. The normalized spacial score (nSPS) is 18.8. The summed E-state index contributed by atoms with van der Waals surface area (Å²) in [4.78, 5) is 9.00. The second-order valence-corrected chi connectivity index (χ2v) is 8.75. The molecule has 3 heterocycles. The summed E-state index contributed by atoms with van der Waals surface area (Å²) in [5, 5.41) is 5.43. The fourth-order valence-electron chi connectivity index (χ4n) is 3.81. The number of thiocarbonyl (C=S) groups is 1. The average Bonchev–Trinajstić information content (AvgIpc) is 3.31. The molecule has 0 amide bonds. The summed E-state index contributed by atoms with van der Waals surface area (Å²) in [6.45, 7) is 1.68. The predicted octanol–water partition coefficient (Wildman–Crippen LogP) is 4.71. The molecule has 0 radical (unpaired) electrons. The van der Waals surface area contributed by atoms with Crippen LogP contribution in [-0.2, 0) is 0 Å². The van der Waals surface area contributed by atoms with E-state index >= 15 is 0 Å². The molecule has 1 aliphatic rings. The van der Waals surface area contributed by atoms with Crippen molar-refractivity contribution in [3.05, 3.63) is 82.4 Å². The lowest BCUT2D eigenvalue weighted by atomic mass is 10.0. The van der Waals surface area contributed by atoms with Crippen molar-refractivity contribution in [1.82, 2.24) is 24.7 Å². The first-order valence-electron chi connectivity index (χ1n) is 9.71. The topological polar surface area (TPSA) is 36.3 Å². The summed E-state index contributed by atoms with van der Waals surface area (Å²) in [6, 6.07) is 15.6. The monoisotopic (exact) mass is 459 g/mol. The number of benzene rings is 1. The molecule has 1 aromatic carbocycles. The molecule has 0 unspecified atom stereocenters. The molecule has 0 aliphatic carbocycles. The highest BCUT2D eigenvalue weighted by molar-refractivity contribution is 7.80. The maximum Gasteiger partial charge on any atom is 0.170 e. The molecule has 2 aromatic heterocycles. The minimum atomic E-state index is -0.0689. The van der Waals surface area contributed by atoms with E-state index in [0.717, 1.165) is 35.3 Å². The molecule has 8 heteroatoms. The second kappa shape index (κ2) is 8.94. The Kier molecular flexibility index (Phi) is 6.29. The van der Waals surface area contributed by atoms with Crippen LogP contribution >= 0.6 is 35.4 Å². The molecule has 3 aromatic rings. The van der Waals surface area contributed by atoms with Gasteiger partial charge in [-0.05, 0) is 68.8 Å². The Labute approximate surface area is 192 Å². The Balaban J connectivity index is 1.80. The van der Waals surface area contributed by atoms with Gasteiger partial charge in [0.1, 0.15) is 0 Å². The van der Waals surface area contributed by atoms with Crippen LogP contribution in [0.2, 0.25) is 10.0 Å². The van der Waals surface area contributed by atoms with E-state index in [1.807, 2.05) is 48.8 Å². The molecule has 1 saturated heterocycles. The van der Waals surface area contributed by atoms with E-state index in [-0.39, 0.29) is 12.1 Å². The third kappa shape index (κ3) is 4.18. The predicted molar refractivity (Wildman–Crippen MR) is 127 cm³/mol. The summed E-state index contributed by atoms with van der Waals surface area (Å²) in [6.07, 6.45) is 3.83. The van der Waals surface area contributed by atoms with Crippen LogP contribution in [0.5, 0.6) is 0 Å². The zero-order valence-electron chi connectivity index (χ0n) is 16.8. The van der Waals surface area contributed by atoms with Gasteiger partial charge in [0.15, 0.2) is 5.11 Å². The lowest BCUT2D eigenvalue weighted by Gasteiger charge is -2.30. The van der Waals surface area contributed by atoms with Crippen molar-refractivity contribution in [2.24, 2.45) is 0 Å². The summed E-state index contributed by atoms with van der Waals surface area (Å²) >= 11 is 18.4. The second-order valence-electron chi connectivity index (χ2n) is 7.52. The Hall–Kier alpha value is -2.12. The fourth-order valence-corrected chi connectivity index (χ4v) is 4.64. The SMILES string of the molecule is CN(C)CCN1C(=S)N[C@H](c2ccccn2)[C@H]1c1cccn1-c1ccc(Cl)cc1Cl. The Morgan fingerprint density at radius 2 is 1.97 bits per heavy atom. The van der Waals surface area contributed by atoms with Crippen LogP contribution in [0.15, 0.2) is 60.9 Å². The quantitative estimate of drug-likeness (QED) is 0.539. The van der Waals surface area contributed by atoms with Crippen LogP contribution in [0.4, 0.5) is 0 Å². The highest BCUT2D eigenvalue weighted by Crippen LogP contribution is 2.40. The van der Waals surface area contributed by atoms with Gasteiger partial charge in [-0.3, -0.25) is 4.98 Å². The molecule has 0 saturated carbocycles. The molecule has 4 rings (SSSR count). The van der Waals surface area contributed by atoms with Crippen LogP contribution in [0, 0.1) is 0 Å². The van der Waals surface area contributed by atoms with E-state index in [0.29, 0.717) is 10.0 Å². The van der Waals surface area contributed by atoms with E-state index in [2.05, 4.69) is 44.8 Å². The van der Waals surface area contributed by atoms with Gasteiger partial charge in [-0.25, -0.2) is 0 Å². The highest BCUT2D eigenvalue weighted by Gasteiger charge is 2.41. The third-order valence-electron chi connectivity index (χ3n) is 5.24. The number of aromatic nitrogens is 2. The Morgan fingerprint density at radius 3 is 2.67 bits per heavy atom. The minimum Gasteiger partial charge on any atom is -0.352 e. The number of hydrogen-bond acceptors (Lipinski definition) is 3. The lowest BCUT2D eigenvalue weighted by molar-refractivity contribution is 0.272. The van der Waals surface area contributed by atoms with Gasteiger partial charge in [0.25, 0.3) is 0 Å². The number of pyridine rings is 1. The minimum absolute atomic E-state index is 0.0332. The van der Waals surface area contributed by atoms with Crippen molar-refractivity contribution in [3.63, 3.8) is 0 Å². The number of hydrogen-bond donors (Lipinski definition) is 1. The van der Waals surface area contributed by atoms with Crippen LogP contribution in [0.25, 0.3) is 5.69 Å². The van der Waals surface area contributed by atoms with Gasteiger partial charge in [-0.1, -0.05) is 29.3 Å². The van der Waals surface area contributed by atoms with Crippen molar-refractivity contribution in [3.8, 4) is 5.69 Å². The number of likely N-dealkylation sites (N-methyl/N-ethyl adjacent to an activating group) is 1. The van der Waals surface area contributed by atoms with Gasteiger partial charge in [0.2, 0.25) is 0 Å². The van der Waals surface area contributed by atoms with Gasteiger partial charge in [-0.15, -0.1) is 0 Å². The van der Waals surface area contributed by atoms with Gasteiger partial charge in [-0.2, -0.15) is 0 Å². The molecule has 1 N–H and O–H groups in total. The third-order valence-corrected chi connectivity index (χ3v) is 6.13. The number of nitrogens with one attached hydrogen (secondary N) is 1. The van der Waals surface area contributed by atoms with Crippen molar-refractivity contribution in [2.75, 3.05) is 27.2 Å². The van der Waals surface area contributed by atoms with Crippen molar-refractivity contribution >= 4 is 40.5 Å². The van der Waals surface area contributed by atoms with Crippen LogP contribution in [0.3, 0.4) is 0 Å². The van der Waals surface area contributed by atoms with Gasteiger partial charge in [0, 0.05) is 36.2 Å². The molecular weight excluding hydrogens is 437 g/mol. The summed E-state index contributed by atoms with van der Waals surface area (Å²) in [7, 11) is 4.13. The first kappa shape index (κ1) is 21.1. The van der Waals surface area contributed by atoms with Crippen molar-refractivity contribution in [2.45, 2.75) is 12.1 Å². The molecule has 0 bridgehead atoms. The van der Waals surface area contributed by atoms with Crippen LogP contribution in [-0.4, -0.2) is 51.6 Å². The highest BCUT2D eigenvalue weighted by atomic mass is 35.5. The smallest absolute Gasteiger partial charge is 0.170 e. The molecule has 2 atom stereocenters. The molecule has 0 spiro atoms. The molecule has 5 nitrogen and oxygen atoms in total. The number of halogens is 2. The van der Waals surface area contributed by atoms with E-state index in [1.165, 1.54) is 0 Å². The van der Waals surface area contributed by atoms with Gasteiger partial charge in [0.05, 0.1) is 28.5 Å². The van der Waals surface area contributed by atoms with Gasteiger partial charge >= 0.3 is 0 Å². The maximum absolute atomic E-state index is 6.54. The maximum atomic E-state index is 6.54. The summed E-state index contributed by atoms with van der Waals surface area (Å²) in [5.41, 5.74) is 2.92. The largest absolute Gasteiger partial charge is 0.352 e. The standard InChI is InChI=1S/C22H23Cl2N5S/c1-27(2)12-13-29-21(20(26-22(29)30)17-6-3-4-10-25-17)19-7-5-11-28(19)18-9-8-15(23)14-16(18)24/h3-11,14,20-21H,12-13H2,1-2H3,(H,26,30)/t20-,21-/m1/s1. The Bertz CT molecular complexity index is 1040. The van der Waals surface area contributed by atoms with E-state index < -0.39 is 0 Å². The van der Waals surface area contributed by atoms with E-state index in [9.17, 15) is 0 Å². The summed E-state index contributed by atoms with van der Waals surface area (Å²) in [5.74, 6) is 0. The Morgan fingerprint density at radius 1 is 1.13 bits per heavy atom. The van der Waals surface area contributed by atoms with Crippen molar-refractivity contribution < 1.29 is 0 Å². The van der Waals surface area contributed by atoms with E-state index in [1.54, 1.807) is 6.07 Å². The first-order valence-corrected chi connectivity index (χ1v) is 10.9. The molecule has 1 fully saturated rings. The van der Waals surface area contributed by atoms with Crippen molar-refractivity contribution in [1.29, 1.82) is 0 Å². The number of rotatable bonds is 6. The molecule has 30 heavy (non-hydrogen) atoms. The first-order chi connectivity index (χ1) is 14.5. The fraction of sp³-hybridized carbons (Fsp3) is 0.273. The van der Waals surface area contributed by atoms with Crippen LogP contribution < -0.4 is 5.32 Å². The van der Waals surface area contributed by atoms with Crippen LogP contribution in [0.1, 0.15) is 23.5 Å². The van der Waals surface area contributed by atoms with E-state index in [4.69, 9.17) is 35.4 Å².